The average Bonchev–Trinajstić information content (AvgIpc) is 2.55. The first kappa shape index (κ1) is 16.3. The molecule has 0 saturated carbocycles. The van der Waals surface area contributed by atoms with Gasteiger partial charge in [0, 0.05) is 25.9 Å². The number of ether oxygens (including phenoxy) is 1. The van der Waals surface area contributed by atoms with Crippen molar-refractivity contribution in [2.45, 2.75) is 25.2 Å². The maximum Gasteiger partial charge on any atom is 0.373 e. The van der Waals surface area contributed by atoms with Crippen molar-refractivity contribution in [3.63, 3.8) is 0 Å². The number of piperidine rings is 1. The van der Waals surface area contributed by atoms with Crippen molar-refractivity contribution in [2.75, 3.05) is 18.0 Å². The largest absolute Gasteiger partial charge is 0.434 e. The van der Waals surface area contributed by atoms with Gasteiger partial charge in [0.25, 0.3) is 5.92 Å². The highest BCUT2D eigenvalue weighted by atomic mass is 19.3. The van der Waals surface area contributed by atoms with Crippen molar-refractivity contribution < 1.29 is 18.4 Å². The molecule has 0 spiro atoms. The van der Waals surface area contributed by atoms with Crippen LogP contribution in [0.4, 0.5) is 20.3 Å². The van der Waals surface area contributed by atoms with Crippen LogP contribution in [-0.4, -0.2) is 33.9 Å². The summed E-state index contributed by atoms with van der Waals surface area (Å²) in [6.45, 7) is -0.0241. The monoisotopic (exact) mass is 337 g/mol. The second-order valence-corrected chi connectivity index (χ2v) is 5.49. The summed E-state index contributed by atoms with van der Waals surface area (Å²) in [5.41, 5.74) is -0.411. The molecule has 0 aromatic carbocycles. The molecule has 1 aliphatic carbocycles. The minimum Gasteiger partial charge on any atom is -0.434 e. The van der Waals surface area contributed by atoms with E-state index < -0.39 is 16.5 Å². The molecule has 0 N–H and O–H groups in total. The van der Waals surface area contributed by atoms with Gasteiger partial charge in [-0.05, 0) is 25.0 Å². The van der Waals surface area contributed by atoms with Crippen molar-refractivity contribution in [3.05, 3.63) is 46.8 Å². The number of allylic oxidation sites excluding steroid dienone is 3. The van der Waals surface area contributed by atoms with Crippen LogP contribution in [0.5, 0.6) is 5.88 Å². The Labute approximate surface area is 136 Å². The van der Waals surface area contributed by atoms with Crippen molar-refractivity contribution in [1.82, 2.24) is 9.97 Å². The summed E-state index contributed by atoms with van der Waals surface area (Å²) < 4.78 is 32.1. The van der Waals surface area contributed by atoms with Gasteiger partial charge in [-0.2, -0.15) is 4.98 Å². The zero-order valence-electron chi connectivity index (χ0n) is 12.7. The predicted molar refractivity (Wildman–Crippen MR) is 81.8 cm³/mol. The van der Waals surface area contributed by atoms with E-state index in [2.05, 4.69) is 9.97 Å². The van der Waals surface area contributed by atoms with E-state index in [-0.39, 0.29) is 37.6 Å². The SMILES string of the molecule is O=[N+]([O-])c1c(OC2=CC[CH]C=C2)ncnc1N1CCC(F)(F)CC1. The molecule has 2 aliphatic rings. The highest BCUT2D eigenvalue weighted by Crippen LogP contribution is 2.38. The van der Waals surface area contributed by atoms with Crippen molar-refractivity contribution in [1.29, 1.82) is 0 Å². The van der Waals surface area contributed by atoms with Crippen LogP contribution in [0.15, 0.2) is 30.3 Å². The van der Waals surface area contributed by atoms with Crippen molar-refractivity contribution >= 4 is 11.5 Å². The van der Waals surface area contributed by atoms with Gasteiger partial charge in [-0.25, -0.2) is 13.8 Å². The summed E-state index contributed by atoms with van der Waals surface area (Å²) >= 11 is 0. The molecule has 1 fully saturated rings. The Morgan fingerprint density at radius 2 is 2.04 bits per heavy atom. The van der Waals surface area contributed by atoms with Gasteiger partial charge in [0.05, 0.1) is 4.92 Å². The highest BCUT2D eigenvalue weighted by Gasteiger charge is 2.37. The fourth-order valence-electron chi connectivity index (χ4n) is 2.55. The molecule has 2 heterocycles. The summed E-state index contributed by atoms with van der Waals surface area (Å²) in [4.78, 5) is 20.1. The van der Waals surface area contributed by atoms with Crippen LogP contribution >= 0.6 is 0 Å². The average molecular weight is 337 g/mol. The lowest BCUT2D eigenvalue weighted by atomic mass is 10.1. The van der Waals surface area contributed by atoms with Gasteiger partial charge in [-0.3, -0.25) is 10.1 Å². The molecule has 1 aromatic rings. The van der Waals surface area contributed by atoms with E-state index in [1.54, 1.807) is 18.2 Å². The number of rotatable bonds is 4. The Balaban J connectivity index is 1.89. The zero-order valence-corrected chi connectivity index (χ0v) is 12.7. The lowest BCUT2D eigenvalue weighted by molar-refractivity contribution is -0.385. The van der Waals surface area contributed by atoms with E-state index in [1.807, 2.05) is 6.42 Å². The smallest absolute Gasteiger partial charge is 0.373 e. The third kappa shape index (κ3) is 3.50. The summed E-state index contributed by atoms with van der Waals surface area (Å²) in [5.74, 6) is -2.49. The molecule has 1 aliphatic heterocycles. The summed E-state index contributed by atoms with van der Waals surface area (Å²) in [5, 5.41) is 11.5. The van der Waals surface area contributed by atoms with Crippen molar-refractivity contribution in [2.24, 2.45) is 0 Å². The topological polar surface area (TPSA) is 81.4 Å². The molecule has 24 heavy (non-hydrogen) atoms. The van der Waals surface area contributed by atoms with Crippen LogP contribution in [0.25, 0.3) is 0 Å². The van der Waals surface area contributed by atoms with Crippen LogP contribution in [0.3, 0.4) is 0 Å². The van der Waals surface area contributed by atoms with E-state index in [0.29, 0.717) is 12.2 Å². The Bertz CT molecular complexity index is 696. The molecule has 0 unspecified atom stereocenters. The number of nitrogens with zero attached hydrogens (tertiary/aromatic N) is 4. The van der Waals surface area contributed by atoms with Gasteiger partial charge in [0.15, 0.2) is 0 Å². The Kier molecular flexibility index (Phi) is 4.41. The van der Waals surface area contributed by atoms with E-state index in [9.17, 15) is 18.9 Å². The third-order valence-electron chi connectivity index (χ3n) is 3.81. The van der Waals surface area contributed by atoms with E-state index >= 15 is 0 Å². The molecule has 0 amide bonds. The molecule has 9 heteroatoms. The predicted octanol–water partition coefficient (Wildman–Crippen LogP) is 3.05. The van der Waals surface area contributed by atoms with Gasteiger partial charge in [0.1, 0.15) is 12.1 Å². The zero-order chi connectivity index (χ0) is 17.2. The van der Waals surface area contributed by atoms with Crippen LogP contribution in [0.2, 0.25) is 0 Å². The fourth-order valence-corrected chi connectivity index (χ4v) is 2.55. The Morgan fingerprint density at radius 3 is 2.67 bits per heavy atom. The third-order valence-corrected chi connectivity index (χ3v) is 3.81. The lowest BCUT2D eigenvalue weighted by Gasteiger charge is -2.32. The van der Waals surface area contributed by atoms with Crippen LogP contribution in [0, 0.1) is 16.5 Å². The Hall–Kier alpha value is -2.58. The van der Waals surface area contributed by atoms with Crippen LogP contribution in [-0.2, 0) is 0 Å². The van der Waals surface area contributed by atoms with E-state index in [0.717, 1.165) is 6.33 Å². The number of aromatic nitrogens is 2. The second-order valence-electron chi connectivity index (χ2n) is 5.49. The normalized spacial score (nSPS) is 19.8. The number of alkyl halides is 2. The summed E-state index contributed by atoms with van der Waals surface area (Å²) in [6, 6.07) is 0. The van der Waals surface area contributed by atoms with E-state index in [4.69, 9.17) is 4.74 Å². The van der Waals surface area contributed by atoms with Crippen molar-refractivity contribution in [3.8, 4) is 5.88 Å². The maximum atomic E-state index is 13.3. The fraction of sp³-hybridized carbons (Fsp3) is 0.400. The number of nitro groups is 1. The molecule has 7 nitrogen and oxygen atoms in total. The summed E-state index contributed by atoms with van der Waals surface area (Å²) in [6.07, 6.45) is 8.16. The first-order valence-corrected chi connectivity index (χ1v) is 7.46. The minimum absolute atomic E-state index is 0.00690. The number of hydrogen-bond donors (Lipinski definition) is 0. The Morgan fingerprint density at radius 1 is 1.29 bits per heavy atom. The molecule has 1 radical (unpaired) electrons. The second kappa shape index (κ2) is 6.50. The molecule has 0 atom stereocenters. The van der Waals surface area contributed by atoms with Gasteiger partial charge >= 0.3 is 11.6 Å². The number of anilines is 1. The lowest BCUT2D eigenvalue weighted by Crippen LogP contribution is -2.40. The molecule has 0 bridgehead atoms. The van der Waals surface area contributed by atoms with Crippen LogP contribution in [0.1, 0.15) is 19.3 Å². The first-order valence-electron chi connectivity index (χ1n) is 7.46. The van der Waals surface area contributed by atoms with Gasteiger partial charge in [0.2, 0.25) is 5.82 Å². The quantitative estimate of drug-likeness (QED) is 0.620. The number of halogens is 2. The van der Waals surface area contributed by atoms with Gasteiger partial charge in [-0.15, -0.1) is 0 Å². The number of hydrogen-bond acceptors (Lipinski definition) is 6. The minimum atomic E-state index is -2.74. The highest BCUT2D eigenvalue weighted by molar-refractivity contribution is 5.63. The van der Waals surface area contributed by atoms with Gasteiger partial charge in [-0.1, -0.05) is 6.08 Å². The molecular weight excluding hydrogens is 322 g/mol. The standard InChI is InChI=1S/C15H15F2N4O3/c16-15(17)6-8-20(9-7-15)13-12(21(22)23)14(19-10-18-13)24-11-4-2-1-3-5-11/h1-2,4-5,10H,3,6-9H2. The summed E-state index contributed by atoms with van der Waals surface area (Å²) in [7, 11) is 0. The maximum absolute atomic E-state index is 13.3. The first-order chi connectivity index (χ1) is 11.5. The van der Waals surface area contributed by atoms with E-state index in [1.165, 1.54) is 4.90 Å². The molecule has 3 rings (SSSR count). The molecule has 1 aromatic heterocycles. The van der Waals surface area contributed by atoms with Gasteiger partial charge < -0.3 is 9.64 Å². The molecule has 1 saturated heterocycles. The molecule has 127 valence electrons. The molecular formula is C15H15F2N4O3. The van der Waals surface area contributed by atoms with Crippen LogP contribution < -0.4 is 9.64 Å².